The number of phenolic OH excluding ortho intramolecular Hbond substituents is 1. The van der Waals surface area contributed by atoms with Gasteiger partial charge >= 0.3 is 5.97 Å². The molecule has 1 saturated carbocycles. The van der Waals surface area contributed by atoms with Crippen molar-refractivity contribution in [3.05, 3.63) is 68.7 Å². The van der Waals surface area contributed by atoms with Crippen molar-refractivity contribution in [3.8, 4) is 11.5 Å². The average Bonchev–Trinajstić information content (AvgIpc) is 3.53. The van der Waals surface area contributed by atoms with Crippen molar-refractivity contribution in [2.45, 2.75) is 63.4 Å². The summed E-state index contributed by atoms with van der Waals surface area (Å²) in [5.41, 5.74) is 3.37. The Morgan fingerprint density at radius 1 is 1.18 bits per heavy atom. The standard InChI is InChI=1S/C27H29NO5S/c1-15-24(27(31)33-18-6-3-4-7-18)25(16-9-10-20(29)22(14-16)32-2)26-19(28-15)12-17(13-21(26)30)23-8-5-11-34-23/h5,8-11,14,17-18,25,28-29H,3-4,6-7,12-13H2,1-2H3/t17-,25-/m1/s1. The van der Waals surface area contributed by atoms with Crippen LogP contribution >= 0.6 is 11.3 Å². The van der Waals surface area contributed by atoms with Crippen LogP contribution in [0.4, 0.5) is 0 Å². The summed E-state index contributed by atoms with van der Waals surface area (Å²) in [7, 11) is 1.49. The molecule has 2 heterocycles. The summed E-state index contributed by atoms with van der Waals surface area (Å²) >= 11 is 1.67. The zero-order chi connectivity index (χ0) is 23.8. The van der Waals surface area contributed by atoms with Gasteiger partial charge in [0, 0.05) is 40.1 Å². The summed E-state index contributed by atoms with van der Waals surface area (Å²) in [6.07, 6.45) is 4.89. The third kappa shape index (κ3) is 4.13. The van der Waals surface area contributed by atoms with E-state index in [9.17, 15) is 14.7 Å². The quantitative estimate of drug-likeness (QED) is 0.566. The molecule has 2 atom stereocenters. The summed E-state index contributed by atoms with van der Waals surface area (Å²) in [5, 5.41) is 15.6. The molecule has 0 amide bonds. The van der Waals surface area contributed by atoms with Crippen LogP contribution in [0.15, 0.2) is 58.3 Å². The SMILES string of the molecule is COc1cc([C@@H]2C(C(=O)OC3CCCC3)=C(C)NC3=C2C(=O)C[C@H](c2cccs2)C3)ccc1O. The van der Waals surface area contributed by atoms with E-state index in [4.69, 9.17) is 9.47 Å². The van der Waals surface area contributed by atoms with Crippen LogP contribution in [0.3, 0.4) is 0 Å². The van der Waals surface area contributed by atoms with Gasteiger partial charge in [0.05, 0.1) is 12.7 Å². The molecular weight excluding hydrogens is 450 g/mol. The first-order valence-corrected chi connectivity index (χ1v) is 12.7. The van der Waals surface area contributed by atoms with Gasteiger partial charge in [0.15, 0.2) is 17.3 Å². The van der Waals surface area contributed by atoms with Gasteiger partial charge in [-0.05, 0) is 68.2 Å². The number of carbonyl (C=O) groups is 2. The average molecular weight is 480 g/mol. The Hall–Kier alpha value is -3.06. The number of esters is 1. The van der Waals surface area contributed by atoms with E-state index in [0.29, 0.717) is 35.4 Å². The van der Waals surface area contributed by atoms with Gasteiger partial charge in [-0.2, -0.15) is 0 Å². The fourth-order valence-corrected chi connectivity index (χ4v) is 6.29. The first-order chi connectivity index (χ1) is 16.5. The van der Waals surface area contributed by atoms with Crippen LogP contribution in [-0.2, 0) is 14.3 Å². The van der Waals surface area contributed by atoms with Gasteiger partial charge < -0.3 is 19.9 Å². The number of rotatable bonds is 5. The molecule has 0 saturated heterocycles. The second kappa shape index (κ2) is 9.29. The summed E-state index contributed by atoms with van der Waals surface area (Å²) in [6, 6.07) is 9.11. The Morgan fingerprint density at radius 3 is 2.68 bits per heavy atom. The topological polar surface area (TPSA) is 84.9 Å². The lowest BCUT2D eigenvalue weighted by atomic mass is 9.72. The molecule has 0 bridgehead atoms. The maximum atomic E-state index is 13.6. The Morgan fingerprint density at radius 2 is 1.97 bits per heavy atom. The molecule has 1 fully saturated rings. The van der Waals surface area contributed by atoms with Crippen LogP contribution in [0.1, 0.15) is 67.7 Å². The number of phenols is 1. The zero-order valence-corrected chi connectivity index (χ0v) is 20.2. The molecule has 178 valence electrons. The van der Waals surface area contributed by atoms with E-state index >= 15 is 0 Å². The molecule has 1 aromatic carbocycles. The molecule has 1 aromatic heterocycles. The molecular formula is C27H29NO5S. The number of methoxy groups -OCH3 is 1. The number of allylic oxidation sites excluding steroid dienone is 3. The van der Waals surface area contributed by atoms with Crippen LogP contribution in [0.25, 0.3) is 0 Å². The fraction of sp³-hybridized carbons (Fsp3) is 0.407. The molecule has 2 N–H and O–H groups in total. The molecule has 2 aromatic rings. The molecule has 34 heavy (non-hydrogen) atoms. The number of carbonyl (C=O) groups excluding carboxylic acids is 2. The predicted octanol–water partition coefficient (Wildman–Crippen LogP) is 5.31. The van der Waals surface area contributed by atoms with E-state index < -0.39 is 5.92 Å². The zero-order valence-electron chi connectivity index (χ0n) is 19.4. The summed E-state index contributed by atoms with van der Waals surface area (Å²) in [6.45, 7) is 1.87. The lowest BCUT2D eigenvalue weighted by Crippen LogP contribution is -2.36. The number of ketones is 1. The number of benzene rings is 1. The largest absolute Gasteiger partial charge is 0.504 e. The number of Topliss-reactive ketones (excluding diaryl/α,β-unsaturated/α-hetero) is 1. The van der Waals surface area contributed by atoms with E-state index in [2.05, 4.69) is 11.4 Å². The highest BCUT2D eigenvalue weighted by Crippen LogP contribution is 2.47. The molecule has 1 aliphatic heterocycles. The van der Waals surface area contributed by atoms with E-state index in [1.807, 2.05) is 18.4 Å². The van der Waals surface area contributed by atoms with Crippen molar-refractivity contribution in [1.82, 2.24) is 5.32 Å². The van der Waals surface area contributed by atoms with Gasteiger partial charge in [-0.3, -0.25) is 4.79 Å². The Balaban J connectivity index is 1.58. The van der Waals surface area contributed by atoms with Gasteiger partial charge in [0.2, 0.25) is 0 Å². The van der Waals surface area contributed by atoms with E-state index in [1.165, 1.54) is 12.0 Å². The molecule has 0 unspecified atom stereocenters. The number of thiophene rings is 1. The van der Waals surface area contributed by atoms with Crippen molar-refractivity contribution in [2.24, 2.45) is 0 Å². The summed E-state index contributed by atoms with van der Waals surface area (Å²) in [5.74, 6) is -0.488. The lowest BCUT2D eigenvalue weighted by molar-refractivity contribution is -0.144. The minimum Gasteiger partial charge on any atom is -0.504 e. The third-order valence-electron chi connectivity index (χ3n) is 7.11. The van der Waals surface area contributed by atoms with Crippen LogP contribution < -0.4 is 10.1 Å². The number of hydrogen-bond acceptors (Lipinski definition) is 7. The van der Waals surface area contributed by atoms with E-state index in [0.717, 1.165) is 36.9 Å². The number of nitrogens with one attached hydrogen (secondary N) is 1. The second-order valence-electron chi connectivity index (χ2n) is 9.28. The molecule has 0 spiro atoms. The highest BCUT2D eigenvalue weighted by Gasteiger charge is 2.42. The van der Waals surface area contributed by atoms with Crippen LogP contribution in [0.2, 0.25) is 0 Å². The monoisotopic (exact) mass is 479 g/mol. The van der Waals surface area contributed by atoms with Crippen LogP contribution in [-0.4, -0.2) is 30.1 Å². The van der Waals surface area contributed by atoms with Gasteiger partial charge in [-0.25, -0.2) is 4.79 Å². The second-order valence-corrected chi connectivity index (χ2v) is 10.3. The van der Waals surface area contributed by atoms with Gasteiger partial charge in [0.1, 0.15) is 6.10 Å². The molecule has 2 aliphatic carbocycles. The lowest BCUT2D eigenvalue weighted by Gasteiger charge is -2.36. The molecule has 0 radical (unpaired) electrons. The maximum Gasteiger partial charge on any atom is 0.337 e. The molecule has 5 rings (SSSR count). The van der Waals surface area contributed by atoms with E-state index in [-0.39, 0.29) is 29.5 Å². The Kier molecular flexibility index (Phi) is 6.21. The first kappa shape index (κ1) is 22.7. The van der Waals surface area contributed by atoms with Crippen molar-refractivity contribution < 1.29 is 24.2 Å². The smallest absolute Gasteiger partial charge is 0.337 e. The fourth-order valence-electron chi connectivity index (χ4n) is 5.46. The normalized spacial score (nSPS) is 23.1. The minimum atomic E-state index is -0.573. The molecule has 3 aliphatic rings. The number of ether oxygens (including phenoxy) is 2. The van der Waals surface area contributed by atoms with Gasteiger partial charge in [-0.15, -0.1) is 11.3 Å². The number of hydrogen-bond donors (Lipinski definition) is 2. The third-order valence-corrected chi connectivity index (χ3v) is 8.14. The Labute approximate surface area is 203 Å². The minimum absolute atomic E-state index is 0.0119. The van der Waals surface area contributed by atoms with Crippen LogP contribution in [0, 0.1) is 0 Å². The molecule has 6 nitrogen and oxygen atoms in total. The van der Waals surface area contributed by atoms with Crippen molar-refractivity contribution in [3.63, 3.8) is 0 Å². The van der Waals surface area contributed by atoms with Crippen molar-refractivity contribution in [2.75, 3.05) is 7.11 Å². The highest BCUT2D eigenvalue weighted by molar-refractivity contribution is 7.10. The van der Waals surface area contributed by atoms with Crippen molar-refractivity contribution in [1.29, 1.82) is 0 Å². The predicted molar refractivity (Wildman–Crippen MR) is 130 cm³/mol. The Bertz CT molecular complexity index is 1170. The maximum absolute atomic E-state index is 13.6. The molecule has 7 heteroatoms. The van der Waals surface area contributed by atoms with Gasteiger partial charge in [-0.1, -0.05) is 12.1 Å². The number of aromatic hydroxyl groups is 1. The van der Waals surface area contributed by atoms with Crippen LogP contribution in [0.5, 0.6) is 11.5 Å². The summed E-state index contributed by atoms with van der Waals surface area (Å²) < 4.78 is 11.2. The van der Waals surface area contributed by atoms with Crippen molar-refractivity contribution >= 4 is 23.1 Å². The van der Waals surface area contributed by atoms with E-state index in [1.54, 1.807) is 29.5 Å². The summed E-state index contributed by atoms with van der Waals surface area (Å²) in [4.78, 5) is 28.3. The highest BCUT2D eigenvalue weighted by atomic mass is 32.1. The number of dihydropyridines is 1. The van der Waals surface area contributed by atoms with Gasteiger partial charge in [0.25, 0.3) is 0 Å². The first-order valence-electron chi connectivity index (χ1n) is 11.8.